The fourth-order valence-corrected chi connectivity index (χ4v) is 3.08. The van der Waals surface area contributed by atoms with Crippen LogP contribution in [0.25, 0.3) is 0 Å². The van der Waals surface area contributed by atoms with Gasteiger partial charge in [0.1, 0.15) is 6.61 Å². The quantitative estimate of drug-likeness (QED) is 0.772. The van der Waals surface area contributed by atoms with Gasteiger partial charge in [0.15, 0.2) is 0 Å². The van der Waals surface area contributed by atoms with Crippen molar-refractivity contribution < 1.29 is 19.1 Å². The summed E-state index contributed by atoms with van der Waals surface area (Å²) in [6.07, 6.45) is 2.67. The van der Waals surface area contributed by atoms with Crippen LogP contribution in [0, 0.1) is 0 Å². The summed E-state index contributed by atoms with van der Waals surface area (Å²) in [5.41, 5.74) is 1.81. The molecule has 8 nitrogen and oxygen atoms in total. The summed E-state index contributed by atoms with van der Waals surface area (Å²) in [7, 11) is 0. The molecule has 0 saturated carbocycles. The van der Waals surface area contributed by atoms with Crippen LogP contribution in [0.3, 0.4) is 0 Å². The molecule has 1 aromatic rings. The van der Waals surface area contributed by atoms with Crippen molar-refractivity contribution in [1.82, 2.24) is 20.0 Å². The summed E-state index contributed by atoms with van der Waals surface area (Å²) in [5.74, 6) is -0.00236. The molecule has 1 fully saturated rings. The number of carbonyl (C=O) groups excluding carboxylic acids is 2. The van der Waals surface area contributed by atoms with E-state index >= 15 is 0 Å². The first-order valence-electron chi connectivity index (χ1n) is 8.95. The normalized spacial score (nSPS) is 19.7. The van der Waals surface area contributed by atoms with Crippen molar-refractivity contribution in [2.45, 2.75) is 51.9 Å². The molecule has 0 aliphatic carbocycles. The van der Waals surface area contributed by atoms with E-state index in [1.165, 1.54) is 0 Å². The summed E-state index contributed by atoms with van der Waals surface area (Å²) in [6, 6.07) is 1.95. The number of fused-ring (bicyclic) bond motifs is 1. The fraction of sp³-hybridized carbons (Fsp3) is 0.706. The maximum Gasteiger partial charge on any atom is 0.248 e. The van der Waals surface area contributed by atoms with Crippen molar-refractivity contribution in [3.05, 3.63) is 17.5 Å². The van der Waals surface area contributed by atoms with Crippen molar-refractivity contribution in [1.29, 1.82) is 0 Å². The lowest BCUT2D eigenvalue weighted by Crippen LogP contribution is -2.40. The Kier molecular flexibility index (Phi) is 6.04. The minimum absolute atomic E-state index is 0.00571. The predicted octanol–water partition coefficient (Wildman–Crippen LogP) is 0.447. The first-order chi connectivity index (χ1) is 12.2. The van der Waals surface area contributed by atoms with Gasteiger partial charge in [-0.15, -0.1) is 0 Å². The van der Waals surface area contributed by atoms with Crippen LogP contribution in [0.2, 0.25) is 0 Å². The molecule has 1 aromatic heterocycles. The van der Waals surface area contributed by atoms with Crippen LogP contribution < -0.4 is 5.32 Å². The molecule has 0 spiro atoms. The zero-order valence-electron chi connectivity index (χ0n) is 14.7. The van der Waals surface area contributed by atoms with Crippen LogP contribution >= 0.6 is 0 Å². The van der Waals surface area contributed by atoms with Gasteiger partial charge in [-0.05, 0) is 18.9 Å². The van der Waals surface area contributed by atoms with Gasteiger partial charge in [-0.1, -0.05) is 6.92 Å². The van der Waals surface area contributed by atoms with Crippen molar-refractivity contribution >= 4 is 11.8 Å². The molecule has 138 valence electrons. The van der Waals surface area contributed by atoms with Gasteiger partial charge in [-0.25, -0.2) is 0 Å². The lowest BCUT2D eigenvalue weighted by atomic mass is 10.2. The Labute approximate surface area is 147 Å². The lowest BCUT2D eigenvalue weighted by Gasteiger charge is -2.27. The molecule has 0 bridgehead atoms. The van der Waals surface area contributed by atoms with Gasteiger partial charge in [-0.3, -0.25) is 14.3 Å². The van der Waals surface area contributed by atoms with Gasteiger partial charge >= 0.3 is 0 Å². The standard InChI is InChI=1S/C17H26N4O4/c1-2-16(22)18-9-13-8-14-10-20(5-6-21(14)19-13)17(23)12-24-11-15-4-3-7-25-15/h8,15H,2-7,9-12H2,1H3,(H,18,22)/t15-/m0/s1. The maximum absolute atomic E-state index is 12.3. The maximum atomic E-state index is 12.3. The zero-order valence-corrected chi connectivity index (χ0v) is 14.7. The number of hydrogen-bond acceptors (Lipinski definition) is 5. The van der Waals surface area contributed by atoms with Crippen molar-refractivity contribution in [3.8, 4) is 0 Å². The van der Waals surface area contributed by atoms with Crippen LogP contribution in [0.5, 0.6) is 0 Å². The second-order valence-corrected chi connectivity index (χ2v) is 6.45. The average Bonchev–Trinajstić information content (AvgIpc) is 3.27. The molecule has 1 atom stereocenters. The molecule has 25 heavy (non-hydrogen) atoms. The Morgan fingerprint density at radius 1 is 1.44 bits per heavy atom. The summed E-state index contributed by atoms with van der Waals surface area (Å²) < 4.78 is 12.9. The average molecular weight is 350 g/mol. The molecular formula is C17H26N4O4. The fourth-order valence-electron chi connectivity index (χ4n) is 3.08. The topological polar surface area (TPSA) is 85.7 Å². The number of carbonyl (C=O) groups is 2. The molecule has 3 heterocycles. The zero-order chi connectivity index (χ0) is 17.6. The van der Waals surface area contributed by atoms with Gasteiger partial charge in [0.05, 0.1) is 43.7 Å². The van der Waals surface area contributed by atoms with E-state index < -0.39 is 0 Å². The summed E-state index contributed by atoms with van der Waals surface area (Å²) in [5, 5.41) is 7.30. The van der Waals surface area contributed by atoms with Crippen molar-refractivity contribution in [3.63, 3.8) is 0 Å². The Bertz CT molecular complexity index is 610. The molecule has 2 aliphatic rings. The Morgan fingerprint density at radius 2 is 2.32 bits per heavy atom. The van der Waals surface area contributed by atoms with Crippen LogP contribution in [0.1, 0.15) is 37.6 Å². The molecular weight excluding hydrogens is 324 g/mol. The molecule has 0 radical (unpaired) electrons. The van der Waals surface area contributed by atoms with E-state index in [0.717, 1.165) is 30.8 Å². The first-order valence-corrected chi connectivity index (χ1v) is 8.95. The lowest BCUT2D eigenvalue weighted by molar-refractivity contribution is -0.138. The van der Waals surface area contributed by atoms with Gasteiger partial charge < -0.3 is 19.7 Å². The first kappa shape index (κ1) is 17.9. The van der Waals surface area contributed by atoms with Crippen LogP contribution in [-0.2, 0) is 38.7 Å². The van der Waals surface area contributed by atoms with E-state index in [-0.39, 0.29) is 24.5 Å². The van der Waals surface area contributed by atoms with E-state index in [0.29, 0.717) is 39.2 Å². The number of amides is 2. The summed E-state index contributed by atoms with van der Waals surface area (Å²) >= 11 is 0. The molecule has 0 unspecified atom stereocenters. The highest BCUT2D eigenvalue weighted by Gasteiger charge is 2.23. The minimum Gasteiger partial charge on any atom is -0.376 e. The number of hydrogen-bond donors (Lipinski definition) is 1. The monoisotopic (exact) mass is 350 g/mol. The third-order valence-corrected chi connectivity index (χ3v) is 4.54. The van der Waals surface area contributed by atoms with Crippen LogP contribution in [0.4, 0.5) is 0 Å². The predicted molar refractivity (Wildman–Crippen MR) is 89.6 cm³/mol. The molecule has 8 heteroatoms. The molecule has 1 saturated heterocycles. The Hall–Kier alpha value is -1.93. The van der Waals surface area contributed by atoms with E-state index in [4.69, 9.17) is 9.47 Å². The van der Waals surface area contributed by atoms with Crippen molar-refractivity contribution in [2.75, 3.05) is 26.4 Å². The van der Waals surface area contributed by atoms with Crippen LogP contribution in [-0.4, -0.2) is 59.0 Å². The number of nitrogens with one attached hydrogen (secondary N) is 1. The highest BCUT2D eigenvalue weighted by Crippen LogP contribution is 2.15. The SMILES string of the molecule is CCC(=O)NCc1cc2n(n1)CCN(C(=O)COC[C@@H]1CCCO1)C2. The molecule has 0 aromatic carbocycles. The number of rotatable bonds is 7. The molecule has 2 amide bonds. The van der Waals surface area contributed by atoms with Crippen molar-refractivity contribution in [2.24, 2.45) is 0 Å². The third kappa shape index (κ3) is 4.79. The summed E-state index contributed by atoms with van der Waals surface area (Å²) in [4.78, 5) is 25.5. The highest BCUT2D eigenvalue weighted by molar-refractivity contribution is 5.77. The highest BCUT2D eigenvalue weighted by atomic mass is 16.5. The Balaban J connectivity index is 1.45. The second-order valence-electron chi connectivity index (χ2n) is 6.45. The van der Waals surface area contributed by atoms with E-state index in [1.807, 2.05) is 17.7 Å². The van der Waals surface area contributed by atoms with E-state index in [9.17, 15) is 9.59 Å². The molecule has 1 N–H and O–H groups in total. The second kappa shape index (κ2) is 8.44. The number of nitrogens with zero attached hydrogens (tertiary/aromatic N) is 3. The van der Waals surface area contributed by atoms with E-state index in [2.05, 4.69) is 10.4 Å². The van der Waals surface area contributed by atoms with Crippen LogP contribution in [0.15, 0.2) is 6.07 Å². The third-order valence-electron chi connectivity index (χ3n) is 4.54. The smallest absolute Gasteiger partial charge is 0.248 e. The van der Waals surface area contributed by atoms with E-state index in [1.54, 1.807) is 4.90 Å². The van der Waals surface area contributed by atoms with Gasteiger partial charge in [0, 0.05) is 19.6 Å². The largest absolute Gasteiger partial charge is 0.376 e. The molecule has 3 rings (SSSR count). The summed E-state index contributed by atoms with van der Waals surface area (Å²) in [6.45, 7) is 5.41. The van der Waals surface area contributed by atoms with Gasteiger partial charge in [0.2, 0.25) is 11.8 Å². The number of ether oxygens (including phenoxy) is 2. The van der Waals surface area contributed by atoms with Gasteiger partial charge in [-0.2, -0.15) is 5.10 Å². The van der Waals surface area contributed by atoms with Gasteiger partial charge in [0.25, 0.3) is 0 Å². The minimum atomic E-state index is -0.00807. The molecule has 2 aliphatic heterocycles. The number of aromatic nitrogens is 2. The Morgan fingerprint density at radius 3 is 3.08 bits per heavy atom.